The van der Waals surface area contributed by atoms with E-state index in [0.29, 0.717) is 31.1 Å². The van der Waals surface area contributed by atoms with Crippen LogP contribution in [-0.2, 0) is 17.9 Å². The molecule has 3 aromatic rings. The van der Waals surface area contributed by atoms with Gasteiger partial charge in [-0.15, -0.1) is 0 Å². The van der Waals surface area contributed by atoms with E-state index in [-0.39, 0.29) is 17.9 Å². The van der Waals surface area contributed by atoms with Crippen molar-refractivity contribution in [1.29, 1.82) is 0 Å². The molecule has 10 heteroatoms. The van der Waals surface area contributed by atoms with E-state index >= 15 is 0 Å². The summed E-state index contributed by atoms with van der Waals surface area (Å²) in [5.74, 6) is 2.98. The van der Waals surface area contributed by atoms with Gasteiger partial charge in [0.05, 0.1) is 18.1 Å². The number of likely N-dealkylation sites (N-methyl/N-ethyl adjacent to an activating group) is 1. The van der Waals surface area contributed by atoms with Gasteiger partial charge in [-0.05, 0) is 13.3 Å². The standard InChI is InChI=1S/C21H28N8O2/c1-6-16-19(30)26-17-13(4)25-21(27-18(17)28(16)5)23-7-14-8-24-29(10-14)11-15-9-22-20(31-15)12(2)3/h8-10,12,16H,6-7,11H2,1-5H3,(H,26,30)(H,23,25,27)/t16-/m0/s1. The summed E-state index contributed by atoms with van der Waals surface area (Å²) in [6, 6.07) is -0.236. The maximum Gasteiger partial charge on any atom is 0.247 e. The van der Waals surface area contributed by atoms with Crippen molar-refractivity contribution >= 4 is 23.4 Å². The predicted octanol–water partition coefficient (Wildman–Crippen LogP) is 2.92. The van der Waals surface area contributed by atoms with Crippen LogP contribution in [0.5, 0.6) is 0 Å². The van der Waals surface area contributed by atoms with Crippen LogP contribution in [0.3, 0.4) is 0 Å². The third-order valence-corrected chi connectivity index (χ3v) is 5.33. The van der Waals surface area contributed by atoms with Crippen molar-refractivity contribution in [3.63, 3.8) is 0 Å². The maximum atomic E-state index is 12.3. The molecule has 0 saturated heterocycles. The van der Waals surface area contributed by atoms with E-state index in [1.807, 2.05) is 50.5 Å². The van der Waals surface area contributed by atoms with Gasteiger partial charge in [-0.3, -0.25) is 9.48 Å². The molecule has 0 radical (unpaired) electrons. The summed E-state index contributed by atoms with van der Waals surface area (Å²) in [5, 5.41) is 10.6. The van der Waals surface area contributed by atoms with Crippen LogP contribution >= 0.6 is 0 Å². The highest BCUT2D eigenvalue weighted by atomic mass is 16.4. The Balaban J connectivity index is 1.43. The van der Waals surface area contributed by atoms with Crippen molar-refractivity contribution in [2.24, 2.45) is 0 Å². The number of carbonyl (C=O) groups excluding carboxylic acids is 1. The van der Waals surface area contributed by atoms with Gasteiger partial charge in [0.25, 0.3) is 0 Å². The molecule has 0 unspecified atom stereocenters. The number of rotatable bonds is 7. The predicted molar refractivity (Wildman–Crippen MR) is 117 cm³/mol. The molecule has 10 nitrogen and oxygen atoms in total. The first-order chi connectivity index (χ1) is 14.9. The lowest BCUT2D eigenvalue weighted by molar-refractivity contribution is -0.117. The normalized spacial score (nSPS) is 15.9. The molecule has 0 spiro atoms. The monoisotopic (exact) mass is 424 g/mol. The third kappa shape index (κ3) is 4.23. The number of hydrogen-bond acceptors (Lipinski definition) is 8. The smallest absolute Gasteiger partial charge is 0.247 e. The molecule has 3 aromatic heterocycles. The Hall–Kier alpha value is -3.43. The quantitative estimate of drug-likeness (QED) is 0.595. The average Bonchev–Trinajstić information content (AvgIpc) is 3.38. The lowest BCUT2D eigenvalue weighted by Crippen LogP contribution is -2.46. The Morgan fingerprint density at radius 1 is 1.29 bits per heavy atom. The summed E-state index contributed by atoms with van der Waals surface area (Å²) in [6.07, 6.45) is 6.21. The molecule has 0 aliphatic carbocycles. The highest BCUT2D eigenvalue weighted by Crippen LogP contribution is 2.33. The molecule has 4 rings (SSSR count). The summed E-state index contributed by atoms with van der Waals surface area (Å²) in [4.78, 5) is 27.6. The van der Waals surface area contributed by atoms with Crippen LogP contribution in [0.2, 0.25) is 0 Å². The molecular weight excluding hydrogens is 396 g/mol. The Kier molecular flexibility index (Phi) is 5.62. The van der Waals surface area contributed by atoms with Crippen LogP contribution in [0.1, 0.15) is 56.0 Å². The summed E-state index contributed by atoms with van der Waals surface area (Å²) in [5.41, 5.74) is 2.39. The molecule has 4 heterocycles. The number of fused-ring (bicyclic) bond motifs is 1. The Morgan fingerprint density at radius 2 is 2.10 bits per heavy atom. The zero-order chi connectivity index (χ0) is 22.1. The first-order valence-electron chi connectivity index (χ1n) is 10.5. The Bertz CT molecular complexity index is 1090. The number of carbonyl (C=O) groups is 1. The zero-order valence-electron chi connectivity index (χ0n) is 18.5. The minimum atomic E-state index is -0.236. The van der Waals surface area contributed by atoms with Gasteiger partial charge in [0.2, 0.25) is 11.9 Å². The van der Waals surface area contributed by atoms with Gasteiger partial charge in [-0.1, -0.05) is 20.8 Å². The number of oxazole rings is 1. The maximum absolute atomic E-state index is 12.3. The number of aryl methyl sites for hydroxylation is 1. The van der Waals surface area contributed by atoms with Gasteiger partial charge >= 0.3 is 0 Å². The van der Waals surface area contributed by atoms with E-state index in [0.717, 1.165) is 28.7 Å². The van der Waals surface area contributed by atoms with Crippen LogP contribution in [0.25, 0.3) is 0 Å². The summed E-state index contributed by atoms with van der Waals surface area (Å²) in [7, 11) is 1.89. The molecule has 2 N–H and O–H groups in total. The van der Waals surface area contributed by atoms with Crippen molar-refractivity contribution in [2.75, 3.05) is 22.6 Å². The Morgan fingerprint density at radius 3 is 2.81 bits per heavy atom. The van der Waals surface area contributed by atoms with Crippen molar-refractivity contribution in [1.82, 2.24) is 24.7 Å². The van der Waals surface area contributed by atoms with E-state index in [1.54, 1.807) is 12.4 Å². The van der Waals surface area contributed by atoms with E-state index in [9.17, 15) is 4.79 Å². The molecule has 164 valence electrons. The van der Waals surface area contributed by atoms with Crippen molar-refractivity contribution in [3.8, 4) is 0 Å². The van der Waals surface area contributed by atoms with Crippen LogP contribution in [-0.4, -0.2) is 43.7 Å². The molecule has 0 aromatic carbocycles. The first kappa shape index (κ1) is 20.8. The topological polar surface area (TPSA) is 114 Å². The highest BCUT2D eigenvalue weighted by molar-refractivity contribution is 6.03. The van der Waals surface area contributed by atoms with E-state index in [4.69, 9.17) is 4.42 Å². The molecule has 1 atom stereocenters. The molecule has 1 aliphatic heterocycles. The number of hydrogen-bond donors (Lipinski definition) is 2. The minimum absolute atomic E-state index is 0.0235. The molecule has 0 fully saturated rings. The lowest BCUT2D eigenvalue weighted by atomic mass is 10.1. The van der Waals surface area contributed by atoms with Crippen LogP contribution < -0.4 is 15.5 Å². The summed E-state index contributed by atoms with van der Waals surface area (Å²) >= 11 is 0. The molecular formula is C21H28N8O2. The molecule has 31 heavy (non-hydrogen) atoms. The van der Waals surface area contributed by atoms with Crippen LogP contribution in [0.4, 0.5) is 17.5 Å². The number of aromatic nitrogens is 5. The van der Waals surface area contributed by atoms with Crippen LogP contribution in [0.15, 0.2) is 23.0 Å². The van der Waals surface area contributed by atoms with Gasteiger partial charge in [0.15, 0.2) is 11.7 Å². The fourth-order valence-electron chi connectivity index (χ4n) is 3.62. The van der Waals surface area contributed by atoms with Gasteiger partial charge < -0.3 is 20.0 Å². The average molecular weight is 425 g/mol. The third-order valence-electron chi connectivity index (χ3n) is 5.33. The zero-order valence-corrected chi connectivity index (χ0v) is 18.5. The SMILES string of the molecule is CC[C@H]1C(=O)Nc2c(C)nc(NCc3cnn(Cc4cnc(C(C)C)o4)c3)nc2N1C. The van der Waals surface area contributed by atoms with Crippen molar-refractivity contribution in [2.45, 2.75) is 59.2 Å². The lowest BCUT2D eigenvalue weighted by Gasteiger charge is -2.34. The van der Waals surface area contributed by atoms with E-state index < -0.39 is 0 Å². The molecule has 1 aliphatic rings. The second kappa shape index (κ2) is 8.37. The fourth-order valence-corrected chi connectivity index (χ4v) is 3.62. The van der Waals surface area contributed by atoms with Crippen molar-refractivity contribution < 1.29 is 9.21 Å². The number of nitrogens with one attached hydrogen (secondary N) is 2. The largest absolute Gasteiger partial charge is 0.443 e. The number of anilines is 3. The molecule has 0 bridgehead atoms. The number of nitrogens with zero attached hydrogens (tertiary/aromatic N) is 6. The van der Waals surface area contributed by atoms with E-state index in [1.165, 1.54) is 0 Å². The molecule has 0 saturated carbocycles. The minimum Gasteiger partial charge on any atom is -0.443 e. The van der Waals surface area contributed by atoms with Gasteiger partial charge in [-0.25, -0.2) is 9.97 Å². The molecule has 1 amide bonds. The highest BCUT2D eigenvalue weighted by Gasteiger charge is 2.32. The Labute approximate surface area is 181 Å². The van der Waals surface area contributed by atoms with Gasteiger partial charge in [0, 0.05) is 31.3 Å². The van der Waals surface area contributed by atoms with Gasteiger partial charge in [-0.2, -0.15) is 10.1 Å². The summed E-state index contributed by atoms with van der Waals surface area (Å²) in [6.45, 7) is 9.00. The summed E-state index contributed by atoms with van der Waals surface area (Å²) < 4.78 is 7.56. The second-order valence-electron chi connectivity index (χ2n) is 8.07. The first-order valence-corrected chi connectivity index (χ1v) is 10.5. The van der Waals surface area contributed by atoms with Crippen LogP contribution in [0, 0.1) is 6.92 Å². The van der Waals surface area contributed by atoms with Gasteiger partial charge in [0.1, 0.15) is 24.0 Å². The second-order valence-corrected chi connectivity index (χ2v) is 8.07. The van der Waals surface area contributed by atoms with E-state index in [2.05, 4.69) is 30.7 Å². The number of amides is 1. The fraction of sp³-hybridized carbons (Fsp3) is 0.476. The van der Waals surface area contributed by atoms with Crippen molar-refractivity contribution in [3.05, 3.63) is 41.5 Å².